The van der Waals surface area contributed by atoms with Crippen LogP contribution in [0.3, 0.4) is 0 Å². The second-order valence-corrected chi connectivity index (χ2v) is 9.56. The van der Waals surface area contributed by atoms with Crippen LogP contribution in [0.25, 0.3) is 0 Å². The molecule has 0 aliphatic rings. The zero-order valence-electron chi connectivity index (χ0n) is 7.75. The van der Waals surface area contributed by atoms with Gasteiger partial charge in [0.1, 0.15) is 0 Å². The summed E-state index contributed by atoms with van der Waals surface area (Å²) in [6, 6.07) is 1.58. The fraction of sp³-hybridized carbons (Fsp3) is 0.800. The Morgan fingerprint density at radius 1 is 1.21 bits per heavy atom. The Bertz CT molecular complexity index is 361. The molecule has 0 fully saturated rings. The quantitative estimate of drug-likeness (QED) is 0.551. The van der Waals surface area contributed by atoms with Crippen molar-refractivity contribution in [1.29, 1.82) is 0 Å². The molecule has 0 aliphatic carbocycles. The molecule has 0 N–H and O–H groups in total. The van der Waals surface area contributed by atoms with Crippen molar-refractivity contribution in [2.24, 2.45) is 9.06 Å². The largest absolute Gasteiger partial charge is 0.519 e. The molecule has 0 atom stereocenters. The van der Waals surface area contributed by atoms with Gasteiger partial charge in [0.25, 0.3) is 0 Å². The van der Waals surface area contributed by atoms with Crippen molar-refractivity contribution in [2.75, 3.05) is 0 Å². The highest BCUT2D eigenvalue weighted by atomic mass is 32.2. The first-order valence-electron chi connectivity index (χ1n) is 3.46. The molecule has 0 saturated carbocycles. The minimum Gasteiger partial charge on any atom is -0.266 e. The summed E-state index contributed by atoms with van der Waals surface area (Å²) in [5, 5.41) is 0. The molecular formula is C5H9F3N2O2SSi. The molecule has 0 saturated heterocycles. The maximum atomic E-state index is 11.7. The van der Waals surface area contributed by atoms with Gasteiger partial charge < -0.3 is 0 Å². The fourth-order valence-corrected chi connectivity index (χ4v) is 0.950. The number of rotatable bonds is 2. The van der Waals surface area contributed by atoms with E-state index in [0.29, 0.717) is 0 Å². The lowest BCUT2D eigenvalue weighted by molar-refractivity contribution is -0.0435. The van der Waals surface area contributed by atoms with Crippen molar-refractivity contribution >= 4 is 24.3 Å². The molecule has 0 radical (unpaired) electrons. The molecule has 0 aromatic rings. The molecule has 0 bridgehead atoms. The normalized spacial score (nSPS) is 13.3. The standard InChI is InChI=1S/C5H9F3N2O2SSi/c1-14(2,3)10-4-9-13(11,12)5(6,7)8/h1-3H3. The van der Waals surface area contributed by atoms with Crippen molar-refractivity contribution in [3.63, 3.8) is 0 Å². The number of sulfonamides is 1. The van der Waals surface area contributed by atoms with E-state index in [1.165, 1.54) is 0 Å². The van der Waals surface area contributed by atoms with Crippen LogP contribution in [0.1, 0.15) is 0 Å². The average Bonchev–Trinajstić information content (AvgIpc) is 1.80. The summed E-state index contributed by atoms with van der Waals surface area (Å²) in [5.74, 6) is 0. The Morgan fingerprint density at radius 3 is 1.93 bits per heavy atom. The molecule has 0 amide bonds. The lowest BCUT2D eigenvalue weighted by atomic mass is 11.6. The van der Waals surface area contributed by atoms with Crippen LogP contribution in [0.2, 0.25) is 19.6 Å². The Hall–Kier alpha value is -0.663. The van der Waals surface area contributed by atoms with Crippen LogP contribution in [0.15, 0.2) is 9.06 Å². The Balaban J connectivity index is 4.98. The molecule has 4 nitrogen and oxygen atoms in total. The summed E-state index contributed by atoms with van der Waals surface area (Å²) in [5.41, 5.74) is -5.38. The first-order valence-corrected chi connectivity index (χ1v) is 8.35. The number of hydrogen-bond donors (Lipinski definition) is 0. The summed E-state index contributed by atoms with van der Waals surface area (Å²) >= 11 is 0. The molecule has 0 aromatic carbocycles. The van der Waals surface area contributed by atoms with E-state index < -0.39 is 23.8 Å². The van der Waals surface area contributed by atoms with E-state index in [0.717, 1.165) is 0 Å². The van der Waals surface area contributed by atoms with Crippen LogP contribution in [-0.4, -0.2) is 28.2 Å². The highest BCUT2D eigenvalue weighted by Crippen LogP contribution is 2.23. The zero-order chi connectivity index (χ0) is 11.6. The molecule has 14 heavy (non-hydrogen) atoms. The molecule has 9 heteroatoms. The predicted molar refractivity (Wildman–Crippen MR) is 48.2 cm³/mol. The van der Waals surface area contributed by atoms with E-state index in [9.17, 15) is 21.6 Å². The average molecular weight is 246 g/mol. The van der Waals surface area contributed by atoms with Gasteiger partial charge in [0.2, 0.25) is 0 Å². The van der Waals surface area contributed by atoms with E-state index in [2.05, 4.69) is 9.06 Å². The molecule has 82 valence electrons. The van der Waals surface area contributed by atoms with Gasteiger partial charge >= 0.3 is 15.5 Å². The summed E-state index contributed by atoms with van der Waals surface area (Å²) in [6.07, 6.45) is 0. The minimum atomic E-state index is -5.48. The van der Waals surface area contributed by atoms with Crippen LogP contribution in [0.4, 0.5) is 13.2 Å². The van der Waals surface area contributed by atoms with Gasteiger partial charge in [-0.15, -0.1) is 0 Å². The molecule has 0 rings (SSSR count). The van der Waals surface area contributed by atoms with Crippen LogP contribution in [-0.2, 0) is 10.0 Å². The molecule has 0 unspecified atom stereocenters. The van der Waals surface area contributed by atoms with Crippen molar-refractivity contribution in [3.05, 3.63) is 0 Å². The van der Waals surface area contributed by atoms with Gasteiger partial charge in [0.15, 0.2) is 8.24 Å². The van der Waals surface area contributed by atoms with Crippen molar-refractivity contribution in [1.82, 2.24) is 0 Å². The number of alkyl halides is 3. The second kappa shape index (κ2) is 3.83. The topological polar surface area (TPSA) is 58.9 Å². The number of halogens is 3. The zero-order valence-corrected chi connectivity index (χ0v) is 9.57. The van der Waals surface area contributed by atoms with Crippen molar-refractivity contribution in [3.8, 4) is 0 Å². The maximum Gasteiger partial charge on any atom is 0.519 e. The van der Waals surface area contributed by atoms with Crippen LogP contribution in [0, 0.1) is 0 Å². The van der Waals surface area contributed by atoms with Gasteiger partial charge in [-0.1, -0.05) is 4.40 Å². The molecular weight excluding hydrogens is 237 g/mol. The summed E-state index contributed by atoms with van der Waals surface area (Å²) in [4.78, 5) is 0. The Kier molecular flexibility index (Phi) is 3.65. The SMILES string of the molecule is C[Si](C)(C)N=C=NS(=O)(=O)C(F)(F)F. The Labute approximate surface area is 80.7 Å². The van der Waals surface area contributed by atoms with E-state index in [1.54, 1.807) is 25.6 Å². The lowest BCUT2D eigenvalue weighted by Crippen LogP contribution is -2.21. The third-order valence-corrected chi connectivity index (χ3v) is 2.52. The van der Waals surface area contributed by atoms with Crippen LogP contribution in [0.5, 0.6) is 0 Å². The highest BCUT2D eigenvalue weighted by molar-refractivity contribution is 7.91. The van der Waals surface area contributed by atoms with E-state index in [4.69, 9.17) is 0 Å². The van der Waals surface area contributed by atoms with Gasteiger partial charge in [0, 0.05) is 0 Å². The van der Waals surface area contributed by atoms with Crippen molar-refractivity contribution < 1.29 is 21.6 Å². The van der Waals surface area contributed by atoms with E-state index >= 15 is 0 Å². The fourth-order valence-electron chi connectivity index (χ4n) is 0.276. The summed E-state index contributed by atoms with van der Waals surface area (Å²) in [6.45, 7) is 5.11. The monoisotopic (exact) mass is 246 g/mol. The third-order valence-electron chi connectivity index (χ3n) is 0.839. The predicted octanol–water partition coefficient (Wildman–Crippen LogP) is 1.84. The van der Waals surface area contributed by atoms with E-state index in [1.807, 2.05) is 0 Å². The number of nitrogens with zero attached hydrogens (tertiary/aromatic N) is 2. The van der Waals surface area contributed by atoms with Crippen LogP contribution < -0.4 is 0 Å². The molecule has 0 spiro atoms. The Morgan fingerprint density at radius 2 is 1.64 bits per heavy atom. The van der Waals surface area contributed by atoms with E-state index in [-0.39, 0.29) is 0 Å². The first-order chi connectivity index (χ1) is 5.96. The van der Waals surface area contributed by atoms with Gasteiger partial charge in [0.05, 0.1) is 6.01 Å². The minimum absolute atomic E-state index is 1.58. The smallest absolute Gasteiger partial charge is 0.266 e. The maximum absolute atomic E-state index is 11.7. The van der Waals surface area contributed by atoms with Crippen LogP contribution >= 0.6 is 0 Å². The summed E-state index contributed by atoms with van der Waals surface area (Å²) < 4.78 is 61.6. The van der Waals surface area contributed by atoms with Gasteiger partial charge in [-0.25, -0.2) is 0 Å². The van der Waals surface area contributed by atoms with Gasteiger partial charge in [-0.3, -0.25) is 4.66 Å². The number of hydrogen-bond acceptors (Lipinski definition) is 3. The van der Waals surface area contributed by atoms with Gasteiger partial charge in [-0.2, -0.15) is 21.6 Å². The first kappa shape index (κ1) is 13.3. The highest BCUT2D eigenvalue weighted by Gasteiger charge is 2.46. The van der Waals surface area contributed by atoms with Crippen molar-refractivity contribution in [2.45, 2.75) is 25.1 Å². The summed E-state index contributed by atoms with van der Waals surface area (Å²) in [7, 11) is -7.51. The lowest BCUT2D eigenvalue weighted by Gasteiger charge is -2.03. The molecule has 0 aromatic heterocycles. The second-order valence-electron chi connectivity index (χ2n) is 3.39. The molecule has 0 heterocycles. The van der Waals surface area contributed by atoms with Gasteiger partial charge in [-0.05, 0) is 19.6 Å². The third kappa shape index (κ3) is 4.54. The molecule has 0 aliphatic heterocycles.